The van der Waals surface area contributed by atoms with E-state index in [1.165, 1.54) is 5.39 Å². The summed E-state index contributed by atoms with van der Waals surface area (Å²) < 4.78 is 6.32. The van der Waals surface area contributed by atoms with Gasteiger partial charge in [-0.3, -0.25) is 0 Å². The minimum atomic E-state index is 0.568. The van der Waals surface area contributed by atoms with E-state index < -0.39 is 0 Å². The van der Waals surface area contributed by atoms with E-state index in [2.05, 4.69) is 84.9 Å². The summed E-state index contributed by atoms with van der Waals surface area (Å²) in [6.45, 7) is 0. The summed E-state index contributed by atoms with van der Waals surface area (Å²) in [5.41, 5.74) is 8.16. The van der Waals surface area contributed by atoms with Gasteiger partial charge in [0, 0.05) is 22.1 Å². The Kier molecular flexibility index (Phi) is 5.74. The molecule has 45 heavy (non-hydrogen) atoms. The first-order valence-corrected chi connectivity index (χ1v) is 14.9. The van der Waals surface area contributed by atoms with Crippen molar-refractivity contribution in [2.75, 3.05) is 0 Å². The molecule has 0 aliphatic heterocycles. The van der Waals surface area contributed by atoms with Crippen LogP contribution in [0.15, 0.2) is 150 Å². The van der Waals surface area contributed by atoms with Gasteiger partial charge in [-0.1, -0.05) is 121 Å². The van der Waals surface area contributed by atoms with Crippen LogP contribution < -0.4 is 0 Å². The van der Waals surface area contributed by atoms with E-state index in [1.54, 1.807) is 0 Å². The van der Waals surface area contributed by atoms with Gasteiger partial charge in [-0.25, -0.2) is 19.9 Å². The summed E-state index contributed by atoms with van der Waals surface area (Å²) in [7, 11) is 0. The van der Waals surface area contributed by atoms with Gasteiger partial charge in [0.2, 0.25) is 0 Å². The van der Waals surface area contributed by atoms with Gasteiger partial charge in [0.05, 0.1) is 10.9 Å². The first kappa shape index (κ1) is 25.3. The molecule has 0 saturated heterocycles. The van der Waals surface area contributed by atoms with Crippen molar-refractivity contribution < 1.29 is 4.42 Å². The zero-order valence-corrected chi connectivity index (χ0v) is 24.1. The second-order valence-corrected chi connectivity index (χ2v) is 11.1. The van der Waals surface area contributed by atoms with E-state index in [4.69, 9.17) is 24.4 Å². The van der Waals surface area contributed by atoms with Crippen molar-refractivity contribution in [3.63, 3.8) is 0 Å². The molecule has 0 unspecified atom stereocenters. The maximum atomic E-state index is 6.32. The van der Waals surface area contributed by atoms with Crippen molar-refractivity contribution in [3.05, 3.63) is 146 Å². The Morgan fingerprint density at radius 2 is 1.02 bits per heavy atom. The van der Waals surface area contributed by atoms with Crippen LogP contribution in [0, 0.1) is 0 Å². The number of aromatic nitrogens is 4. The van der Waals surface area contributed by atoms with E-state index >= 15 is 0 Å². The fourth-order valence-electron chi connectivity index (χ4n) is 6.04. The maximum Gasteiger partial charge on any atom is 0.164 e. The Balaban J connectivity index is 1.26. The predicted molar refractivity (Wildman–Crippen MR) is 182 cm³/mol. The van der Waals surface area contributed by atoms with E-state index in [9.17, 15) is 0 Å². The monoisotopic (exact) mass is 576 g/mol. The van der Waals surface area contributed by atoms with Crippen LogP contribution in [0.5, 0.6) is 0 Å². The molecule has 9 rings (SSSR count). The molecule has 210 valence electrons. The van der Waals surface area contributed by atoms with Crippen molar-refractivity contribution in [3.8, 4) is 45.3 Å². The molecule has 0 aliphatic rings. The highest BCUT2D eigenvalue weighted by Crippen LogP contribution is 2.37. The SMILES string of the molecule is c1ccc(-c2ccc(-c3nc(-c4ccc5ccccc5c4)nc(-c4cccc5oc6cc7ccccc7nc6c45)n3)cc2)cc1. The molecule has 0 atom stereocenters. The zero-order valence-electron chi connectivity index (χ0n) is 24.1. The van der Waals surface area contributed by atoms with Crippen molar-refractivity contribution in [1.82, 2.24) is 19.9 Å². The molecule has 6 aromatic carbocycles. The number of para-hydroxylation sites is 1. The van der Waals surface area contributed by atoms with Gasteiger partial charge in [-0.15, -0.1) is 0 Å². The number of benzene rings is 6. The molecule has 0 fully saturated rings. The van der Waals surface area contributed by atoms with Crippen LogP contribution in [0.3, 0.4) is 0 Å². The van der Waals surface area contributed by atoms with Crippen LogP contribution in [0.1, 0.15) is 0 Å². The lowest BCUT2D eigenvalue weighted by molar-refractivity contribution is 0.669. The number of hydrogen-bond donors (Lipinski definition) is 0. The van der Waals surface area contributed by atoms with Gasteiger partial charge in [-0.2, -0.15) is 0 Å². The highest BCUT2D eigenvalue weighted by molar-refractivity contribution is 6.12. The zero-order chi connectivity index (χ0) is 29.7. The highest BCUT2D eigenvalue weighted by Gasteiger charge is 2.19. The van der Waals surface area contributed by atoms with E-state index in [1.807, 2.05) is 60.7 Å². The minimum Gasteiger partial charge on any atom is -0.454 e. The topological polar surface area (TPSA) is 64.7 Å². The van der Waals surface area contributed by atoms with Gasteiger partial charge >= 0.3 is 0 Å². The molecule has 0 spiro atoms. The third-order valence-corrected chi connectivity index (χ3v) is 8.31. The Morgan fingerprint density at radius 1 is 0.378 bits per heavy atom. The number of rotatable bonds is 4. The third-order valence-electron chi connectivity index (χ3n) is 8.31. The van der Waals surface area contributed by atoms with Crippen LogP contribution in [-0.2, 0) is 0 Å². The lowest BCUT2D eigenvalue weighted by Crippen LogP contribution is -2.00. The standard InChI is InChI=1S/C40H24N4O/c1-2-9-25(10-3-1)27-17-20-28(21-18-27)38-42-39(31-22-19-26-11-4-5-12-29(26)23-31)44-40(43-38)32-14-8-16-34-36(32)37-35(45-34)24-30-13-6-7-15-33(30)41-37/h1-24H. The number of hydrogen-bond acceptors (Lipinski definition) is 5. The largest absolute Gasteiger partial charge is 0.454 e. The summed E-state index contributed by atoms with van der Waals surface area (Å²) in [5, 5.41) is 4.22. The summed E-state index contributed by atoms with van der Waals surface area (Å²) in [5.74, 6) is 1.78. The number of furan rings is 1. The second kappa shape index (κ2) is 10.2. The van der Waals surface area contributed by atoms with Gasteiger partial charge in [0.1, 0.15) is 11.1 Å². The molecule has 0 bridgehead atoms. The summed E-state index contributed by atoms with van der Waals surface area (Å²) in [6.07, 6.45) is 0. The van der Waals surface area contributed by atoms with Crippen molar-refractivity contribution >= 4 is 43.7 Å². The Bertz CT molecular complexity index is 2540. The fraction of sp³-hybridized carbons (Fsp3) is 0. The molecule has 0 N–H and O–H groups in total. The van der Waals surface area contributed by atoms with Crippen molar-refractivity contribution in [1.29, 1.82) is 0 Å². The number of nitrogens with zero attached hydrogens (tertiary/aromatic N) is 4. The van der Waals surface area contributed by atoms with Crippen LogP contribution in [-0.4, -0.2) is 19.9 Å². The first-order valence-electron chi connectivity index (χ1n) is 14.9. The lowest BCUT2D eigenvalue weighted by Gasteiger charge is -2.10. The fourth-order valence-corrected chi connectivity index (χ4v) is 6.04. The Morgan fingerprint density at radius 3 is 1.87 bits per heavy atom. The molecular formula is C40H24N4O. The predicted octanol–water partition coefficient (Wildman–Crippen LogP) is 10.1. The molecule has 0 radical (unpaired) electrons. The summed E-state index contributed by atoms with van der Waals surface area (Å²) >= 11 is 0. The Labute approximate surface area is 258 Å². The van der Waals surface area contributed by atoms with Crippen molar-refractivity contribution in [2.45, 2.75) is 0 Å². The molecule has 5 nitrogen and oxygen atoms in total. The summed E-state index contributed by atoms with van der Waals surface area (Å²) in [4.78, 5) is 20.2. The van der Waals surface area contributed by atoms with E-state index in [0.717, 1.165) is 66.2 Å². The van der Waals surface area contributed by atoms with Gasteiger partial charge in [0.25, 0.3) is 0 Å². The number of pyridine rings is 1. The quantitative estimate of drug-likeness (QED) is 0.209. The first-order chi connectivity index (χ1) is 22.3. The van der Waals surface area contributed by atoms with Crippen molar-refractivity contribution in [2.24, 2.45) is 0 Å². The Hall–Kier alpha value is -6.20. The van der Waals surface area contributed by atoms with Crippen LogP contribution in [0.25, 0.3) is 89.0 Å². The second-order valence-electron chi connectivity index (χ2n) is 11.1. The lowest BCUT2D eigenvalue weighted by atomic mass is 10.0. The normalized spacial score (nSPS) is 11.6. The molecule has 3 heterocycles. The molecule has 0 aliphatic carbocycles. The van der Waals surface area contributed by atoms with E-state index in [-0.39, 0.29) is 0 Å². The van der Waals surface area contributed by atoms with Crippen LogP contribution in [0.2, 0.25) is 0 Å². The molecule has 5 heteroatoms. The smallest absolute Gasteiger partial charge is 0.164 e. The molecule has 9 aromatic rings. The van der Waals surface area contributed by atoms with E-state index in [0.29, 0.717) is 17.5 Å². The molecule has 3 aromatic heterocycles. The number of fused-ring (bicyclic) bond motifs is 5. The van der Waals surface area contributed by atoms with Gasteiger partial charge in [-0.05, 0) is 46.2 Å². The maximum absolute atomic E-state index is 6.32. The molecular weight excluding hydrogens is 552 g/mol. The average Bonchev–Trinajstić information content (AvgIpc) is 3.48. The average molecular weight is 577 g/mol. The molecule has 0 saturated carbocycles. The highest BCUT2D eigenvalue weighted by atomic mass is 16.3. The minimum absolute atomic E-state index is 0.568. The third kappa shape index (κ3) is 4.41. The molecule has 0 amide bonds. The van der Waals surface area contributed by atoms with Gasteiger partial charge in [0.15, 0.2) is 23.1 Å². The summed E-state index contributed by atoms with van der Waals surface area (Å²) in [6, 6.07) is 49.5. The van der Waals surface area contributed by atoms with Crippen LogP contribution >= 0.6 is 0 Å². The van der Waals surface area contributed by atoms with Crippen LogP contribution in [0.4, 0.5) is 0 Å². The van der Waals surface area contributed by atoms with Gasteiger partial charge < -0.3 is 4.42 Å².